The number of nitrogens with two attached hydrogens (primary N) is 1. The Labute approximate surface area is 267 Å². The van der Waals surface area contributed by atoms with Gasteiger partial charge in [0.1, 0.15) is 67.3 Å². The van der Waals surface area contributed by atoms with Crippen LogP contribution < -0.4 is 19.7 Å². The maximum absolute atomic E-state index is 13.2. The molecule has 4 N–H and O–H groups in total. The molecule has 2 bridgehead atoms. The summed E-state index contributed by atoms with van der Waals surface area (Å²) in [5, 5.41) is 10.5. The third-order valence-corrected chi connectivity index (χ3v) is 13.4. The van der Waals surface area contributed by atoms with Gasteiger partial charge in [0.2, 0.25) is 0 Å². The summed E-state index contributed by atoms with van der Waals surface area (Å²) in [5.41, 5.74) is 6.16. The van der Waals surface area contributed by atoms with E-state index in [4.69, 9.17) is 15.0 Å². The smallest absolute Gasteiger partial charge is 0.391 e. The van der Waals surface area contributed by atoms with E-state index < -0.39 is 23.9 Å². The minimum atomic E-state index is -4.34. The number of rotatable bonds is 15. The molecule has 3 aliphatic rings. The second kappa shape index (κ2) is 13.7. The number of nitrogens with one attached hydrogen (secondary N) is 1. The highest BCUT2D eigenvalue weighted by molar-refractivity contribution is 7.92. The number of piperazine rings is 3. The number of thiophene rings is 1. The zero-order valence-corrected chi connectivity index (χ0v) is 27.8. The molecule has 16 heteroatoms. The van der Waals surface area contributed by atoms with E-state index in [0.29, 0.717) is 33.6 Å². The van der Waals surface area contributed by atoms with Crippen LogP contribution in [0.4, 0.5) is 0 Å². The Bertz CT molecular complexity index is 1720. The molecule has 0 amide bonds. The van der Waals surface area contributed by atoms with Crippen molar-refractivity contribution in [1.82, 2.24) is 9.71 Å². The highest BCUT2D eigenvalue weighted by atomic mass is 32.2. The number of ether oxygens (including phenoxy) is 1. The van der Waals surface area contributed by atoms with Crippen molar-refractivity contribution >= 4 is 45.4 Å². The molecule has 2 aromatic heterocycles. The molecule has 0 aliphatic carbocycles. The van der Waals surface area contributed by atoms with Gasteiger partial charge in [-0.25, -0.2) is 13.0 Å². The van der Waals surface area contributed by atoms with Crippen molar-refractivity contribution < 1.29 is 36.1 Å². The van der Waals surface area contributed by atoms with E-state index in [1.807, 2.05) is 0 Å². The molecule has 1 unspecified atom stereocenters. The van der Waals surface area contributed by atoms with Crippen LogP contribution in [0, 0.1) is 18.3 Å². The second-order valence-electron chi connectivity index (χ2n) is 11.8. The Morgan fingerprint density at radius 1 is 1.20 bits per heavy atom. The molecule has 242 valence electrons. The number of nitriles is 1. The predicted octanol–water partition coefficient (Wildman–Crippen LogP) is 2.78. The number of nitrogens with zero attached hydrogens (tertiary/aromatic N) is 5. The van der Waals surface area contributed by atoms with Crippen LogP contribution in [0.2, 0.25) is 0 Å². The highest BCUT2D eigenvalue weighted by Crippen LogP contribution is 2.42. The van der Waals surface area contributed by atoms with Gasteiger partial charge in [0, 0.05) is 35.7 Å². The van der Waals surface area contributed by atoms with Gasteiger partial charge in [-0.2, -0.15) is 9.98 Å². The summed E-state index contributed by atoms with van der Waals surface area (Å²) in [5.74, 6) is 0.468. The molecule has 6 rings (SSSR count). The number of fused-ring (bicyclic) bond motifs is 4. The van der Waals surface area contributed by atoms with E-state index in [2.05, 4.69) is 20.8 Å². The number of hydrogen-bond acceptors (Lipinski definition) is 9. The van der Waals surface area contributed by atoms with Gasteiger partial charge in [-0.1, -0.05) is 0 Å². The van der Waals surface area contributed by atoms with E-state index in [9.17, 15) is 23.1 Å². The van der Waals surface area contributed by atoms with Gasteiger partial charge in [-0.05, 0) is 36.8 Å². The van der Waals surface area contributed by atoms with Crippen LogP contribution in [0.3, 0.4) is 0 Å². The molecule has 45 heavy (non-hydrogen) atoms. The number of aryl methyl sites for hydroxylation is 1. The van der Waals surface area contributed by atoms with Crippen molar-refractivity contribution in [2.45, 2.75) is 24.0 Å². The standard InChI is InChI=1S/C29H39N7O6PS2/c1-23-26-18-27(41-16-4-9-36-13-10-35(11-14-36,12-15-36)8-3-7-33-21-31)24(19-30)17-28(26)44-29(23)45(39,40)34-22-43(37,38)42-25-5-2-6-32-20-25/h2,5-6,17-18,20-21,34H,3-4,7-16,22H2,1H3,(H2-,31,33,37,38)/q+1/p+1. The van der Waals surface area contributed by atoms with Gasteiger partial charge < -0.3 is 28.9 Å². The lowest BCUT2D eigenvalue weighted by Gasteiger charge is -2.55. The summed E-state index contributed by atoms with van der Waals surface area (Å²) in [6.45, 7) is 12.1. The van der Waals surface area contributed by atoms with Crippen molar-refractivity contribution in [3.63, 3.8) is 0 Å². The highest BCUT2D eigenvalue weighted by Gasteiger charge is 2.48. The first-order chi connectivity index (χ1) is 21.5. The van der Waals surface area contributed by atoms with Crippen LogP contribution in [-0.2, 0) is 14.6 Å². The summed E-state index contributed by atoms with van der Waals surface area (Å²) in [7, 11) is -8.50. The van der Waals surface area contributed by atoms with E-state index in [-0.39, 0.29) is 9.96 Å². The number of benzene rings is 1. The Morgan fingerprint density at radius 3 is 2.51 bits per heavy atom. The Hall–Kier alpha value is -3.09. The minimum Gasteiger partial charge on any atom is -0.492 e. The topological polar surface area (TPSA) is 177 Å². The first-order valence-corrected chi connectivity index (χ1v) is 19.0. The summed E-state index contributed by atoms with van der Waals surface area (Å²) < 4.78 is 55.1. The Kier molecular flexibility index (Phi) is 10.1. The van der Waals surface area contributed by atoms with Crippen molar-refractivity contribution in [3.05, 3.63) is 47.8 Å². The van der Waals surface area contributed by atoms with Gasteiger partial charge in [0.15, 0.2) is 0 Å². The van der Waals surface area contributed by atoms with Crippen molar-refractivity contribution in [2.24, 2.45) is 10.7 Å². The summed E-state index contributed by atoms with van der Waals surface area (Å²) in [6.07, 6.45) is 5.22. The lowest BCUT2D eigenvalue weighted by atomic mass is 10.1. The molecule has 1 aromatic carbocycles. The number of pyridine rings is 1. The fourth-order valence-corrected chi connectivity index (χ4v) is 10.6. The maximum atomic E-state index is 13.2. The minimum absolute atomic E-state index is 0.00694. The molecule has 3 aliphatic heterocycles. The van der Waals surface area contributed by atoms with Crippen molar-refractivity contribution in [2.75, 3.05) is 71.8 Å². The van der Waals surface area contributed by atoms with E-state index in [1.165, 1.54) is 55.0 Å². The zero-order valence-electron chi connectivity index (χ0n) is 25.3. The number of aromatic nitrogens is 1. The molecule has 1 atom stereocenters. The van der Waals surface area contributed by atoms with E-state index >= 15 is 0 Å². The molecule has 0 spiro atoms. The number of sulfonamides is 1. The normalized spacial score (nSPS) is 22.8. The van der Waals surface area contributed by atoms with Gasteiger partial charge in [-0.3, -0.25) is 9.98 Å². The molecule has 5 heterocycles. The third-order valence-electron chi connectivity index (χ3n) is 8.90. The van der Waals surface area contributed by atoms with Gasteiger partial charge in [-0.15, -0.1) is 11.3 Å². The fraction of sp³-hybridized carbons (Fsp3) is 0.483. The molecule has 3 aromatic rings. The van der Waals surface area contributed by atoms with Gasteiger partial charge in [0.05, 0.1) is 37.8 Å². The zero-order chi connectivity index (χ0) is 32.1. The summed E-state index contributed by atoms with van der Waals surface area (Å²) in [6, 6.07) is 8.51. The quantitative estimate of drug-likeness (QED) is 0.0718. The van der Waals surface area contributed by atoms with Gasteiger partial charge >= 0.3 is 7.60 Å². The van der Waals surface area contributed by atoms with Crippen LogP contribution in [-0.4, -0.2) is 105 Å². The number of hydrogen-bond donors (Lipinski definition) is 3. The van der Waals surface area contributed by atoms with Crippen LogP contribution >= 0.6 is 18.9 Å². The molecule has 13 nitrogen and oxygen atoms in total. The van der Waals surface area contributed by atoms with Crippen LogP contribution in [0.15, 0.2) is 45.9 Å². The van der Waals surface area contributed by atoms with Crippen LogP contribution in [0.5, 0.6) is 11.5 Å². The largest absolute Gasteiger partial charge is 0.492 e. The van der Waals surface area contributed by atoms with Crippen molar-refractivity contribution in [1.29, 1.82) is 5.26 Å². The van der Waals surface area contributed by atoms with E-state index in [1.54, 1.807) is 19.1 Å². The number of quaternary nitrogens is 2. The molecule has 3 saturated heterocycles. The van der Waals surface area contributed by atoms with Gasteiger partial charge in [0.25, 0.3) is 10.0 Å². The Balaban J connectivity index is 1.19. The van der Waals surface area contributed by atoms with Crippen LogP contribution in [0.25, 0.3) is 10.1 Å². The monoisotopic (exact) mass is 677 g/mol. The maximum Gasteiger partial charge on any atom is 0.391 e. The van der Waals surface area contributed by atoms with Crippen molar-refractivity contribution in [3.8, 4) is 17.6 Å². The number of aliphatic imine (C=N–C) groups is 1. The summed E-state index contributed by atoms with van der Waals surface area (Å²) in [4.78, 5) is 18.2. The predicted molar refractivity (Wildman–Crippen MR) is 173 cm³/mol. The average molecular weight is 678 g/mol. The second-order valence-corrected chi connectivity index (χ2v) is 16.6. The third kappa shape index (κ3) is 7.84. The fourth-order valence-electron chi connectivity index (χ4n) is 6.29. The molecule has 0 saturated carbocycles. The lowest BCUT2D eigenvalue weighted by molar-refractivity contribution is -1.08. The average Bonchev–Trinajstić information content (AvgIpc) is 3.37. The SMILES string of the molecule is Cc1c(S(=O)(=O)NCP(=O)(O)Oc2cccnc2)sc2cc(C#N)c(OCCC[N+]34CC[N+](CCCN=CN)(CC3)CC4)cc12. The molecular weight excluding hydrogens is 637 g/mol. The molecule has 3 fully saturated rings. The molecular formula is C29H40N7O6PS2+2. The first-order valence-electron chi connectivity index (χ1n) is 14.9. The van der Waals surface area contributed by atoms with Crippen LogP contribution in [0.1, 0.15) is 24.0 Å². The first kappa shape index (κ1) is 33.3. The Morgan fingerprint density at radius 2 is 1.89 bits per heavy atom. The van der Waals surface area contributed by atoms with E-state index in [0.717, 1.165) is 67.9 Å². The lowest BCUT2D eigenvalue weighted by Crippen LogP contribution is -2.75. The summed E-state index contributed by atoms with van der Waals surface area (Å²) >= 11 is 0.989. The molecule has 0 radical (unpaired) electrons.